The summed E-state index contributed by atoms with van der Waals surface area (Å²) in [5, 5.41) is 8.31. The van der Waals surface area contributed by atoms with Gasteiger partial charge in [-0.2, -0.15) is 0 Å². The fourth-order valence-corrected chi connectivity index (χ4v) is 0.240. The normalized spacial score (nSPS) is 23.6. The second-order valence-electron chi connectivity index (χ2n) is 0.895. The van der Waals surface area contributed by atoms with Gasteiger partial charge in [-0.3, -0.25) is 0 Å². The van der Waals surface area contributed by atoms with Crippen LogP contribution >= 0.6 is 0 Å². The maximum atomic E-state index is 8.31. The van der Waals surface area contributed by atoms with Gasteiger partial charge >= 0.3 is 29.2 Å². The van der Waals surface area contributed by atoms with E-state index in [9.17, 15) is 0 Å². The van der Waals surface area contributed by atoms with Crippen molar-refractivity contribution in [1.29, 1.82) is 0 Å². The zero-order valence-corrected chi connectivity index (χ0v) is 7.29. The Labute approximate surface area is 62.3 Å². The van der Waals surface area contributed by atoms with Crippen LogP contribution in [0.5, 0.6) is 0 Å². The van der Waals surface area contributed by atoms with Crippen molar-refractivity contribution in [2.75, 3.05) is 0 Å². The zero-order valence-electron chi connectivity index (χ0n) is 5.88. The molecule has 40 valence electrons. The summed E-state index contributed by atoms with van der Waals surface area (Å²) in [7, 11) is 0.410. The van der Waals surface area contributed by atoms with Crippen molar-refractivity contribution in [3.05, 3.63) is 0 Å². The summed E-state index contributed by atoms with van der Waals surface area (Å²) >= 11 is 0. The van der Waals surface area contributed by atoms with Crippen molar-refractivity contribution < 1.29 is 22.2 Å². The molecule has 1 aliphatic rings. The van der Waals surface area contributed by atoms with Crippen LogP contribution in [-0.4, -0.2) is 44.8 Å². The molecule has 1 fully saturated rings. The molecule has 1 N–H and O–H groups in total. The Bertz CT molecular complexity index is 69.6. The van der Waals surface area contributed by atoms with Gasteiger partial charge < -0.3 is 12.4 Å². The van der Waals surface area contributed by atoms with Crippen LogP contribution in [0.25, 0.3) is 0 Å². The summed E-state index contributed by atoms with van der Waals surface area (Å²) in [6.07, 6.45) is -1.65. The Morgan fingerprint density at radius 1 is 1.71 bits per heavy atom. The van der Waals surface area contributed by atoms with Crippen molar-refractivity contribution in [2.45, 2.75) is 6.16 Å². The molecule has 0 aliphatic carbocycles. The quantitative estimate of drug-likeness (QED) is 0.190. The van der Waals surface area contributed by atoms with Crippen LogP contribution in [0.15, 0.2) is 0 Å². The van der Waals surface area contributed by atoms with E-state index in [0.29, 0.717) is 10.5 Å². The molecule has 6 heteroatoms. The summed E-state index contributed by atoms with van der Waals surface area (Å²) < 4.78 is 4.30. The van der Waals surface area contributed by atoms with Crippen LogP contribution in [-0.2, 0) is 14.2 Å². The van der Waals surface area contributed by atoms with Crippen molar-refractivity contribution in [3.8, 4) is 0 Å². The van der Waals surface area contributed by atoms with Gasteiger partial charge in [0.2, 0.25) is 0 Å². The molecule has 7 heavy (non-hydrogen) atoms. The first-order valence-corrected chi connectivity index (χ1v) is 2.23. The van der Waals surface area contributed by atoms with Crippen molar-refractivity contribution in [3.63, 3.8) is 0 Å². The van der Waals surface area contributed by atoms with E-state index in [1.165, 1.54) is 0 Å². The molecule has 1 saturated heterocycles. The number of rotatable bonds is 1. The number of hydrogen-bond acceptors (Lipinski definition) is 4. The van der Waals surface area contributed by atoms with Gasteiger partial charge in [0, 0.05) is 0 Å². The summed E-state index contributed by atoms with van der Waals surface area (Å²) in [6, 6.07) is 0. The Morgan fingerprint density at radius 2 is 2.14 bits per heavy atom. The topological polar surface area (TPSA) is 54.5 Å². The summed E-state index contributed by atoms with van der Waals surface area (Å²) in [5.41, 5.74) is 0. The van der Waals surface area contributed by atoms with Gasteiger partial charge in [0.25, 0.3) is 0 Å². The minimum atomic E-state index is -1.65. The Morgan fingerprint density at radius 3 is 2.14 bits per heavy atom. The molecule has 0 spiro atoms. The molecule has 0 aromatic heterocycles. The molecular formula is CH6MgO4Si. The van der Waals surface area contributed by atoms with Gasteiger partial charge in [-0.15, -0.1) is 9.78 Å². The third-order valence-electron chi connectivity index (χ3n) is 0.484. The summed E-state index contributed by atoms with van der Waals surface area (Å²) in [5.74, 6) is 0. The van der Waals surface area contributed by atoms with Crippen molar-refractivity contribution in [2.24, 2.45) is 0 Å². The first-order chi connectivity index (χ1) is 2.77. The molecule has 0 atom stereocenters. The Kier molecular flexibility index (Phi) is 2.68. The monoisotopic (exact) mass is 134 g/mol. The van der Waals surface area contributed by atoms with Gasteiger partial charge in [0.05, 0.1) is 0 Å². The van der Waals surface area contributed by atoms with Crippen LogP contribution < -0.4 is 0 Å². The first-order valence-electron chi connectivity index (χ1n) is 1.41. The second kappa shape index (κ2) is 2.40. The van der Waals surface area contributed by atoms with E-state index >= 15 is 0 Å². The van der Waals surface area contributed by atoms with Gasteiger partial charge in [-0.1, -0.05) is 0 Å². The van der Waals surface area contributed by atoms with Crippen LogP contribution in [0.4, 0.5) is 0 Å². The summed E-state index contributed by atoms with van der Waals surface area (Å²) in [6.45, 7) is 0. The molecule has 4 nitrogen and oxygen atoms in total. The van der Waals surface area contributed by atoms with Crippen molar-refractivity contribution >= 4 is 33.5 Å². The van der Waals surface area contributed by atoms with E-state index in [1.54, 1.807) is 0 Å². The number of hydrogen-bond donors (Lipinski definition) is 1. The van der Waals surface area contributed by atoms with Crippen LogP contribution in [0.2, 0.25) is 0 Å². The van der Waals surface area contributed by atoms with Gasteiger partial charge in [-0.05, 0) is 0 Å². The smallest absolute Gasteiger partial charge is 1.00 e. The van der Waals surface area contributed by atoms with Crippen LogP contribution in [0, 0.1) is 0 Å². The van der Waals surface area contributed by atoms with Gasteiger partial charge in [0.15, 0.2) is 10.5 Å². The van der Waals surface area contributed by atoms with Crippen molar-refractivity contribution in [1.82, 2.24) is 0 Å². The maximum Gasteiger partial charge on any atom is 2.00 e. The van der Waals surface area contributed by atoms with Gasteiger partial charge in [0.1, 0.15) is 0 Å². The molecule has 1 heterocycles. The molecule has 0 aromatic rings. The molecule has 1 rings (SSSR count). The average Bonchev–Trinajstić information content (AvgIpc) is 2.22. The summed E-state index contributed by atoms with van der Waals surface area (Å²) in [4.78, 5) is 7.83. The third-order valence-corrected chi connectivity index (χ3v) is 1.000. The molecular weight excluding hydrogens is 128 g/mol. The maximum absolute atomic E-state index is 8.31. The third kappa shape index (κ3) is 2.04. The molecule has 0 radical (unpaired) electrons. The fourth-order valence-electron chi connectivity index (χ4n) is 0.104. The minimum Gasteiger partial charge on any atom is -1.00 e. The largest absolute Gasteiger partial charge is 2.00 e. The molecule has 0 aromatic carbocycles. The van der Waals surface area contributed by atoms with E-state index in [0.717, 1.165) is 0 Å². The zero-order chi connectivity index (χ0) is 4.62. The fraction of sp³-hybridized carbons (Fsp3) is 1.00. The molecule has 0 amide bonds. The molecule has 0 unspecified atom stereocenters. The Balaban J connectivity index is -0.000000120. The van der Waals surface area contributed by atoms with E-state index in [-0.39, 0.29) is 25.9 Å². The van der Waals surface area contributed by atoms with E-state index in [2.05, 4.69) is 14.2 Å². The number of aliphatic hydroxyl groups is 1. The standard InChI is InChI=1S/CH4O4Si.Mg.2H/c2-1(5-6)3-4-1;;;/h2H,6H3;;;/q;+2;2*-1. The minimum absolute atomic E-state index is 0. The van der Waals surface area contributed by atoms with Crippen LogP contribution in [0.1, 0.15) is 2.85 Å². The molecule has 0 saturated carbocycles. The second-order valence-corrected chi connectivity index (χ2v) is 1.30. The molecule has 0 bridgehead atoms. The first kappa shape index (κ1) is 7.82. The van der Waals surface area contributed by atoms with Gasteiger partial charge in [-0.25, -0.2) is 0 Å². The average molecular weight is 134 g/mol. The van der Waals surface area contributed by atoms with Crippen LogP contribution in [0.3, 0.4) is 0 Å². The molecule has 1 aliphatic heterocycles. The predicted molar refractivity (Wildman–Crippen MR) is 26.1 cm³/mol. The van der Waals surface area contributed by atoms with E-state index < -0.39 is 6.16 Å². The predicted octanol–water partition coefficient (Wildman–Crippen LogP) is -2.31. The van der Waals surface area contributed by atoms with E-state index in [4.69, 9.17) is 5.11 Å². The Hall–Kier alpha value is 0.823. The SMILES string of the molecule is OC1(O[SiH3])OO1.[H-].[H-].[Mg+2]. The van der Waals surface area contributed by atoms with E-state index in [1.807, 2.05) is 0 Å².